The fourth-order valence-electron chi connectivity index (χ4n) is 2.90. The Labute approximate surface area is 156 Å². The number of fused-ring (bicyclic) bond motifs is 1. The molecule has 0 bridgehead atoms. The van der Waals surface area contributed by atoms with E-state index in [1.54, 1.807) is 20.3 Å². The van der Waals surface area contributed by atoms with Gasteiger partial charge in [0.2, 0.25) is 10.0 Å². The number of aromatic nitrogens is 3. The second-order valence-corrected chi connectivity index (χ2v) is 10.0. The number of hydrogen-bond donors (Lipinski definition) is 1. The predicted molar refractivity (Wildman–Crippen MR) is 104 cm³/mol. The minimum absolute atomic E-state index is 0.330. The number of hydrogen-bond acceptors (Lipinski definition) is 7. The maximum Gasteiger partial charge on any atom is 0.221 e. The molecule has 0 unspecified atom stereocenters. The first-order valence-electron chi connectivity index (χ1n) is 8.26. The van der Waals surface area contributed by atoms with Gasteiger partial charge in [0, 0.05) is 26.8 Å². The van der Waals surface area contributed by atoms with Crippen LogP contribution in [-0.4, -0.2) is 53.1 Å². The van der Waals surface area contributed by atoms with Gasteiger partial charge in [0.15, 0.2) is 5.82 Å². The van der Waals surface area contributed by atoms with Gasteiger partial charge in [-0.3, -0.25) is 4.98 Å². The molecular formula is C17H19N5O2S2. The van der Waals surface area contributed by atoms with Crippen molar-refractivity contribution in [3.8, 4) is 11.5 Å². The molecule has 1 aliphatic carbocycles. The van der Waals surface area contributed by atoms with E-state index in [1.807, 2.05) is 29.6 Å². The molecule has 1 fully saturated rings. The van der Waals surface area contributed by atoms with Gasteiger partial charge in [0.25, 0.3) is 0 Å². The molecule has 0 spiro atoms. The molecular weight excluding hydrogens is 370 g/mol. The van der Waals surface area contributed by atoms with Crippen LogP contribution in [0.2, 0.25) is 0 Å². The first kappa shape index (κ1) is 17.3. The minimum atomic E-state index is -3.32. The van der Waals surface area contributed by atoms with E-state index in [2.05, 4.69) is 20.3 Å². The lowest BCUT2D eigenvalue weighted by Gasteiger charge is -2.21. The summed E-state index contributed by atoms with van der Waals surface area (Å²) in [7, 11) is -0.161. The van der Waals surface area contributed by atoms with Crippen LogP contribution < -0.4 is 5.32 Å². The molecule has 3 aromatic heterocycles. The molecule has 0 saturated heterocycles. The van der Waals surface area contributed by atoms with Crippen molar-refractivity contribution in [1.82, 2.24) is 19.3 Å². The van der Waals surface area contributed by atoms with Gasteiger partial charge >= 0.3 is 0 Å². The van der Waals surface area contributed by atoms with Crippen LogP contribution in [0.3, 0.4) is 0 Å². The van der Waals surface area contributed by atoms with Crippen molar-refractivity contribution >= 4 is 37.4 Å². The van der Waals surface area contributed by atoms with Crippen LogP contribution in [0.5, 0.6) is 0 Å². The Morgan fingerprint density at radius 2 is 2.04 bits per heavy atom. The molecule has 0 amide bonds. The Bertz CT molecular complexity index is 1040. The summed E-state index contributed by atoms with van der Waals surface area (Å²) in [5.41, 5.74) is 0.688. The van der Waals surface area contributed by atoms with E-state index >= 15 is 0 Å². The number of rotatable bonds is 6. The highest BCUT2D eigenvalue weighted by molar-refractivity contribution is 7.90. The lowest BCUT2D eigenvalue weighted by Crippen LogP contribution is -2.39. The zero-order valence-corrected chi connectivity index (χ0v) is 16.1. The van der Waals surface area contributed by atoms with Crippen LogP contribution >= 0.6 is 11.3 Å². The molecule has 0 atom stereocenters. The number of sulfonamides is 1. The molecule has 9 heteroatoms. The summed E-state index contributed by atoms with van der Waals surface area (Å²) in [6, 6.07) is 7.54. The van der Waals surface area contributed by atoms with E-state index in [1.165, 1.54) is 15.6 Å². The summed E-state index contributed by atoms with van der Waals surface area (Å²) in [6.07, 6.45) is 3.02. The molecule has 0 aromatic carbocycles. The average Bonchev–Trinajstić information content (AvgIpc) is 3.30. The highest BCUT2D eigenvalue weighted by Crippen LogP contribution is 2.45. The van der Waals surface area contributed by atoms with Crippen molar-refractivity contribution in [3.63, 3.8) is 0 Å². The van der Waals surface area contributed by atoms with Gasteiger partial charge in [0.05, 0.1) is 5.39 Å². The van der Waals surface area contributed by atoms with Gasteiger partial charge < -0.3 is 5.32 Å². The lowest BCUT2D eigenvalue weighted by atomic mass is 10.3. The van der Waals surface area contributed by atoms with Gasteiger partial charge in [-0.15, -0.1) is 11.3 Å². The van der Waals surface area contributed by atoms with E-state index in [0.29, 0.717) is 36.7 Å². The van der Waals surface area contributed by atoms with Gasteiger partial charge in [-0.25, -0.2) is 22.7 Å². The van der Waals surface area contributed by atoms with E-state index in [0.717, 1.165) is 10.2 Å². The quantitative estimate of drug-likeness (QED) is 0.697. The third kappa shape index (κ3) is 2.85. The topological polar surface area (TPSA) is 88.1 Å². The smallest absolute Gasteiger partial charge is 0.221 e. The molecule has 136 valence electrons. The van der Waals surface area contributed by atoms with Gasteiger partial charge in [-0.1, -0.05) is 6.07 Å². The molecule has 26 heavy (non-hydrogen) atoms. The molecule has 1 saturated carbocycles. The van der Waals surface area contributed by atoms with Gasteiger partial charge in [-0.2, -0.15) is 0 Å². The van der Waals surface area contributed by atoms with Crippen molar-refractivity contribution in [2.24, 2.45) is 0 Å². The monoisotopic (exact) mass is 389 g/mol. The van der Waals surface area contributed by atoms with Crippen LogP contribution in [0.4, 0.5) is 5.82 Å². The van der Waals surface area contributed by atoms with Crippen molar-refractivity contribution in [1.29, 1.82) is 0 Å². The third-order valence-electron chi connectivity index (χ3n) is 4.63. The van der Waals surface area contributed by atoms with E-state index in [9.17, 15) is 8.42 Å². The summed E-state index contributed by atoms with van der Waals surface area (Å²) >= 11 is 1.52. The second-order valence-electron chi connectivity index (χ2n) is 6.57. The number of anilines is 1. The SMILES string of the molecule is CN(C)S(=O)(=O)C1(CNc2nc(-c3ccccn3)nc3sccc23)CC1. The first-order chi connectivity index (χ1) is 12.4. The molecule has 7 nitrogen and oxygen atoms in total. The van der Waals surface area contributed by atoms with Crippen LogP contribution in [0.15, 0.2) is 35.8 Å². The Kier molecular flexibility index (Phi) is 4.17. The largest absolute Gasteiger partial charge is 0.368 e. The zero-order valence-electron chi connectivity index (χ0n) is 14.5. The highest BCUT2D eigenvalue weighted by Gasteiger charge is 2.55. The third-order valence-corrected chi connectivity index (χ3v) is 8.05. The van der Waals surface area contributed by atoms with Crippen LogP contribution in [0.25, 0.3) is 21.7 Å². The van der Waals surface area contributed by atoms with Gasteiger partial charge in [0.1, 0.15) is 21.1 Å². The Morgan fingerprint density at radius 3 is 2.69 bits per heavy atom. The van der Waals surface area contributed by atoms with Crippen LogP contribution in [0.1, 0.15) is 12.8 Å². The maximum atomic E-state index is 12.6. The molecule has 3 aromatic rings. The number of pyridine rings is 1. The lowest BCUT2D eigenvalue weighted by molar-refractivity contribution is 0.503. The van der Waals surface area contributed by atoms with E-state index in [-0.39, 0.29) is 0 Å². The fraction of sp³-hybridized carbons (Fsp3) is 0.353. The minimum Gasteiger partial charge on any atom is -0.368 e. The van der Waals surface area contributed by atoms with Crippen molar-refractivity contribution < 1.29 is 8.42 Å². The molecule has 1 aliphatic rings. The number of thiophene rings is 1. The summed E-state index contributed by atoms with van der Waals surface area (Å²) < 4.78 is 25.7. The summed E-state index contributed by atoms with van der Waals surface area (Å²) in [6.45, 7) is 0.330. The van der Waals surface area contributed by atoms with Crippen molar-refractivity contribution in [2.45, 2.75) is 17.6 Å². The summed E-state index contributed by atoms with van der Waals surface area (Å²) in [5, 5.41) is 6.12. The second kappa shape index (κ2) is 6.26. The maximum absolute atomic E-state index is 12.6. The Morgan fingerprint density at radius 1 is 1.23 bits per heavy atom. The van der Waals surface area contributed by atoms with E-state index in [4.69, 9.17) is 0 Å². The number of nitrogens with zero attached hydrogens (tertiary/aromatic N) is 4. The first-order valence-corrected chi connectivity index (χ1v) is 10.6. The average molecular weight is 390 g/mol. The number of nitrogens with one attached hydrogen (secondary N) is 1. The normalized spacial score (nSPS) is 16.1. The molecule has 4 rings (SSSR count). The van der Waals surface area contributed by atoms with Crippen LogP contribution in [-0.2, 0) is 10.0 Å². The zero-order chi connectivity index (χ0) is 18.4. The predicted octanol–water partition coefficient (Wildman–Crippen LogP) is 2.59. The van der Waals surface area contributed by atoms with Crippen molar-refractivity contribution in [2.75, 3.05) is 26.0 Å². The summed E-state index contributed by atoms with van der Waals surface area (Å²) in [5.74, 6) is 1.18. The van der Waals surface area contributed by atoms with Gasteiger partial charge in [-0.05, 0) is 36.4 Å². The fourth-order valence-corrected chi connectivity index (χ4v) is 5.31. The summed E-state index contributed by atoms with van der Waals surface area (Å²) in [4.78, 5) is 14.4. The highest BCUT2D eigenvalue weighted by atomic mass is 32.2. The molecule has 3 heterocycles. The van der Waals surface area contributed by atoms with E-state index < -0.39 is 14.8 Å². The molecule has 0 radical (unpaired) electrons. The van der Waals surface area contributed by atoms with Crippen LogP contribution in [0, 0.1) is 0 Å². The molecule has 1 N–H and O–H groups in total. The van der Waals surface area contributed by atoms with Crippen molar-refractivity contribution in [3.05, 3.63) is 35.8 Å². The Hall–Kier alpha value is -2.10. The standard InChI is InChI=1S/C17H19N5O2S2/c1-22(2)26(23,24)17(7-8-17)11-19-14-12-6-10-25-16(12)21-15(20-14)13-5-3-4-9-18-13/h3-6,9-10H,7-8,11H2,1-2H3,(H,19,20,21). The Balaban J connectivity index is 1.68. The molecule has 0 aliphatic heterocycles.